The Balaban J connectivity index is 2.73. The molecule has 1 amide bonds. The fourth-order valence-corrected chi connectivity index (χ4v) is 1.84. The summed E-state index contributed by atoms with van der Waals surface area (Å²) in [5.74, 6) is -0.0822. The molecule has 0 radical (unpaired) electrons. The van der Waals surface area contributed by atoms with E-state index < -0.39 is 5.91 Å². The molecular formula is C11H11Cl2N3O2. The highest BCUT2D eigenvalue weighted by Gasteiger charge is 2.11. The molecule has 1 aromatic rings. The quantitative estimate of drug-likeness (QED) is 0.803. The van der Waals surface area contributed by atoms with E-state index in [1.54, 1.807) is 12.1 Å². The molecule has 0 spiro atoms. The normalized spacial score (nSPS) is 9.67. The van der Waals surface area contributed by atoms with Crippen LogP contribution in [0.5, 0.6) is 5.75 Å². The second-order valence-electron chi connectivity index (χ2n) is 3.30. The molecule has 0 saturated carbocycles. The molecule has 0 aromatic heterocycles. The Bertz CT molecular complexity index is 486. The van der Waals surface area contributed by atoms with Crippen molar-refractivity contribution in [3.05, 3.63) is 27.7 Å². The van der Waals surface area contributed by atoms with Crippen LogP contribution in [-0.4, -0.2) is 19.1 Å². The van der Waals surface area contributed by atoms with Gasteiger partial charge in [0.05, 0.1) is 11.1 Å². The third kappa shape index (κ3) is 4.08. The first kappa shape index (κ1) is 14.6. The zero-order valence-corrected chi connectivity index (χ0v) is 10.9. The fourth-order valence-electron chi connectivity index (χ4n) is 1.25. The van der Waals surface area contributed by atoms with Crippen molar-refractivity contribution in [1.29, 1.82) is 5.26 Å². The van der Waals surface area contributed by atoms with Gasteiger partial charge in [0.2, 0.25) is 0 Å². The van der Waals surface area contributed by atoms with Crippen molar-refractivity contribution >= 4 is 29.1 Å². The molecule has 7 heteroatoms. The van der Waals surface area contributed by atoms with Crippen LogP contribution in [0.1, 0.15) is 5.56 Å². The van der Waals surface area contributed by atoms with E-state index in [4.69, 9.17) is 38.9 Å². The Morgan fingerprint density at radius 1 is 1.50 bits per heavy atom. The van der Waals surface area contributed by atoms with Crippen LogP contribution in [-0.2, 0) is 11.3 Å². The van der Waals surface area contributed by atoms with Gasteiger partial charge in [-0.25, -0.2) is 0 Å². The summed E-state index contributed by atoms with van der Waals surface area (Å²) in [6, 6.07) is 4.91. The third-order valence-electron chi connectivity index (χ3n) is 2.02. The van der Waals surface area contributed by atoms with Crippen molar-refractivity contribution in [2.24, 2.45) is 5.73 Å². The molecule has 0 aliphatic rings. The van der Waals surface area contributed by atoms with Gasteiger partial charge in [0.25, 0.3) is 5.91 Å². The molecule has 1 rings (SSSR count). The standard InChI is InChI=1S/C11H11Cl2N3O2/c12-8-3-7(5-15)11(9(13)4-8)18-6-10(17)16-2-1-14/h3-4H,2,5-6,15H2,(H,16,17). The molecule has 0 unspecified atom stereocenters. The van der Waals surface area contributed by atoms with Gasteiger partial charge in [-0.05, 0) is 12.1 Å². The topological polar surface area (TPSA) is 88.1 Å². The molecule has 0 atom stereocenters. The van der Waals surface area contributed by atoms with Crippen LogP contribution in [0, 0.1) is 11.3 Å². The third-order valence-corrected chi connectivity index (χ3v) is 2.52. The fraction of sp³-hybridized carbons (Fsp3) is 0.273. The Morgan fingerprint density at radius 3 is 2.83 bits per heavy atom. The molecule has 0 bridgehead atoms. The minimum Gasteiger partial charge on any atom is -0.482 e. The Hall–Kier alpha value is -1.48. The number of nitrogens with zero attached hydrogens (tertiary/aromatic N) is 1. The number of nitriles is 1. The van der Waals surface area contributed by atoms with E-state index in [1.165, 1.54) is 6.07 Å². The van der Waals surface area contributed by atoms with E-state index in [0.717, 1.165) is 0 Å². The van der Waals surface area contributed by atoms with Crippen LogP contribution in [0.15, 0.2) is 12.1 Å². The molecular weight excluding hydrogens is 277 g/mol. The molecule has 5 nitrogen and oxygen atoms in total. The first-order chi connectivity index (χ1) is 8.58. The molecule has 0 fully saturated rings. The second kappa shape index (κ2) is 7.07. The van der Waals surface area contributed by atoms with Crippen LogP contribution in [0.25, 0.3) is 0 Å². The van der Waals surface area contributed by atoms with Gasteiger partial charge in [-0.2, -0.15) is 5.26 Å². The number of carbonyl (C=O) groups excluding carboxylic acids is 1. The van der Waals surface area contributed by atoms with Gasteiger partial charge in [-0.3, -0.25) is 4.79 Å². The second-order valence-corrected chi connectivity index (χ2v) is 4.15. The zero-order chi connectivity index (χ0) is 13.5. The number of rotatable bonds is 5. The highest BCUT2D eigenvalue weighted by molar-refractivity contribution is 6.35. The molecule has 96 valence electrons. The summed E-state index contributed by atoms with van der Waals surface area (Å²) in [6.45, 7) is -0.119. The van der Waals surface area contributed by atoms with Crippen LogP contribution in [0.2, 0.25) is 10.0 Å². The monoisotopic (exact) mass is 287 g/mol. The molecule has 0 saturated heterocycles. The summed E-state index contributed by atoms with van der Waals surface area (Å²) < 4.78 is 5.28. The highest BCUT2D eigenvalue weighted by atomic mass is 35.5. The van der Waals surface area contributed by atoms with Gasteiger partial charge < -0.3 is 15.8 Å². The van der Waals surface area contributed by atoms with Crippen LogP contribution < -0.4 is 15.8 Å². The lowest BCUT2D eigenvalue weighted by molar-refractivity contribution is -0.122. The van der Waals surface area contributed by atoms with E-state index in [0.29, 0.717) is 16.3 Å². The number of nitrogens with two attached hydrogens (primary N) is 1. The average molecular weight is 288 g/mol. The summed E-state index contributed by atoms with van der Waals surface area (Å²) in [6.07, 6.45) is 0. The Kier molecular flexibility index (Phi) is 5.72. The lowest BCUT2D eigenvalue weighted by Gasteiger charge is -2.12. The van der Waals surface area contributed by atoms with E-state index in [-0.39, 0.29) is 24.7 Å². The van der Waals surface area contributed by atoms with Crippen molar-refractivity contribution < 1.29 is 9.53 Å². The molecule has 0 aliphatic carbocycles. The summed E-state index contributed by atoms with van der Waals surface area (Å²) >= 11 is 11.8. The largest absolute Gasteiger partial charge is 0.482 e. The van der Waals surface area contributed by atoms with E-state index in [2.05, 4.69) is 5.32 Å². The van der Waals surface area contributed by atoms with E-state index >= 15 is 0 Å². The number of benzene rings is 1. The summed E-state index contributed by atoms with van der Waals surface area (Å²) in [5.41, 5.74) is 6.15. The van der Waals surface area contributed by atoms with Crippen molar-refractivity contribution in [2.75, 3.05) is 13.2 Å². The van der Waals surface area contributed by atoms with Crippen LogP contribution in [0.4, 0.5) is 0 Å². The predicted octanol–water partition coefficient (Wildman–Crippen LogP) is 1.47. The molecule has 1 aromatic carbocycles. The lowest BCUT2D eigenvalue weighted by atomic mass is 10.2. The zero-order valence-electron chi connectivity index (χ0n) is 9.37. The summed E-state index contributed by atoms with van der Waals surface area (Å²) in [4.78, 5) is 11.3. The Labute approximate surface area is 114 Å². The number of carbonyl (C=O) groups is 1. The predicted molar refractivity (Wildman–Crippen MR) is 68.5 cm³/mol. The van der Waals surface area contributed by atoms with Crippen molar-refractivity contribution in [2.45, 2.75) is 6.54 Å². The molecule has 3 N–H and O–H groups in total. The van der Waals surface area contributed by atoms with E-state index in [1.807, 2.05) is 0 Å². The van der Waals surface area contributed by atoms with Gasteiger partial charge in [-0.1, -0.05) is 23.2 Å². The smallest absolute Gasteiger partial charge is 0.258 e. The van der Waals surface area contributed by atoms with E-state index in [9.17, 15) is 4.79 Å². The summed E-state index contributed by atoms with van der Waals surface area (Å²) in [5, 5.41) is 11.4. The van der Waals surface area contributed by atoms with Crippen molar-refractivity contribution in [3.8, 4) is 11.8 Å². The molecule has 18 heavy (non-hydrogen) atoms. The van der Waals surface area contributed by atoms with Gasteiger partial charge >= 0.3 is 0 Å². The number of amides is 1. The highest BCUT2D eigenvalue weighted by Crippen LogP contribution is 2.32. The molecule has 0 heterocycles. The first-order valence-electron chi connectivity index (χ1n) is 5.03. The summed E-state index contributed by atoms with van der Waals surface area (Å²) in [7, 11) is 0. The number of halogens is 2. The maximum atomic E-state index is 11.3. The first-order valence-corrected chi connectivity index (χ1v) is 5.78. The van der Waals surface area contributed by atoms with Gasteiger partial charge in [-0.15, -0.1) is 0 Å². The minimum atomic E-state index is -0.412. The lowest BCUT2D eigenvalue weighted by Crippen LogP contribution is -2.29. The number of nitrogens with one attached hydrogen (secondary N) is 1. The SMILES string of the molecule is N#CCNC(=O)COc1c(Cl)cc(Cl)cc1CN. The molecule has 0 aliphatic heterocycles. The van der Waals surface area contributed by atoms with Crippen molar-refractivity contribution in [3.63, 3.8) is 0 Å². The van der Waals surface area contributed by atoms with Gasteiger partial charge in [0.1, 0.15) is 12.3 Å². The number of ether oxygens (including phenoxy) is 1. The van der Waals surface area contributed by atoms with Crippen LogP contribution in [0.3, 0.4) is 0 Å². The number of hydrogen-bond acceptors (Lipinski definition) is 4. The Morgan fingerprint density at radius 2 is 2.22 bits per heavy atom. The van der Waals surface area contributed by atoms with Crippen molar-refractivity contribution in [1.82, 2.24) is 5.32 Å². The maximum Gasteiger partial charge on any atom is 0.258 e. The van der Waals surface area contributed by atoms with Crippen LogP contribution >= 0.6 is 23.2 Å². The van der Waals surface area contributed by atoms with Gasteiger partial charge in [0.15, 0.2) is 6.61 Å². The van der Waals surface area contributed by atoms with Gasteiger partial charge in [0, 0.05) is 17.1 Å². The minimum absolute atomic E-state index is 0.0692. The average Bonchev–Trinajstić information content (AvgIpc) is 2.34. The number of hydrogen-bond donors (Lipinski definition) is 2. The maximum absolute atomic E-state index is 11.3.